The average Bonchev–Trinajstić information content (AvgIpc) is 2.45. The lowest BCUT2D eigenvalue weighted by Crippen LogP contribution is -2.14. The lowest BCUT2D eigenvalue weighted by molar-refractivity contribution is -0.139. The van der Waals surface area contributed by atoms with Crippen molar-refractivity contribution in [2.45, 2.75) is 26.2 Å². The fraction of sp³-hybridized carbons (Fsp3) is 0.278. The minimum Gasteiger partial charge on any atom is -0.481 e. The Morgan fingerprint density at radius 3 is 2.25 bits per heavy atom. The van der Waals surface area contributed by atoms with Crippen LogP contribution in [0.4, 0.5) is 0 Å². The maximum Gasteiger partial charge on any atom is 0.310 e. The molecule has 0 aromatic heterocycles. The van der Waals surface area contributed by atoms with E-state index in [0.717, 1.165) is 16.7 Å². The highest BCUT2D eigenvalue weighted by molar-refractivity contribution is 5.77. The molecular weight excluding hydrogens is 248 g/mol. The highest BCUT2D eigenvalue weighted by atomic mass is 16.4. The average molecular weight is 268 g/mol. The van der Waals surface area contributed by atoms with Crippen molar-refractivity contribution in [3.05, 3.63) is 60.2 Å². The first-order chi connectivity index (χ1) is 9.58. The summed E-state index contributed by atoms with van der Waals surface area (Å²) in [5, 5.41) is 9.44. The standard InChI is InChI=1S/C18H20O2/c1-13(2)11-17(18(19)20)16-10-6-9-15(12-16)14-7-4-3-5-8-14/h3-10,12-13,17H,11H2,1-2H3,(H,19,20)/t17-/m1/s1. The minimum absolute atomic E-state index is 0.358. The predicted octanol–water partition coefficient (Wildman–Crippen LogP) is 4.57. The number of aliphatic carboxylic acids is 1. The second kappa shape index (κ2) is 6.38. The van der Waals surface area contributed by atoms with Gasteiger partial charge >= 0.3 is 5.97 Å². The molecule has 2 aromatic rings. The molecule has 0 spiro atoms. The van der Waals surface area contributed by atoms with E-state index < -0.39 is 11.9 Å². The van der Waals surface area contributed by atoms with Crippen molar-refractivity contribution in [1.82, 2.24) is 0 Å². The Kier molecular flexibility index (Phi) is 4.57. The molecule has 1 atom stereocenters. The monoisotopic (exact) mass is 268 g/mol. The maximum absolute atomic E-state index is 11.5. The van der Waals surface area contributed by atoms with E-state index in [-0.39, 0.29) is 0 Å². The van der Waals surface area contributed by atoms with Crippen LogP contribution in [0.5, 0.6) is 0 Å². The molecule has 0 fully saturated rings. The molecule has 0 unspecified atom stereocenters. The summed E-state index contributed by atoms with van der Waals surface area (Å²) in [7, 11) is 0. The van der Waals surface area contributed by atoms with E-state index in [1.807, 2.05) is 54.6 Å². The number of carboxylic acid groups (broad SMARTS) is 1. The van der Waals surface area contributed by atoms with Gasteiger partial charge in [-0.1, -0.05) is 68.4 Å². The Balaban J connectivity index is 2.35. The van der Waals surface area contributed by atoms with Crippen LogP contribution < -0.4 is 0 Å². The van der Waals surface area contributed by atoms with E-state index in [1.54, 1.807) is 0 Å². The largest absolute Gasteiger partial charge is 0.481 e. The zero-order valence-electron chi connectivity index (χ0n) is 11.9. The molecule has 0 radical (unpaired) electrons. The van der Waals surface area contributed by atoms with Crippen LogP contribution in [0.25, 0.3) is 11.1 Å². The molecule has 0 amide bonds. The number of carbonyl (C=O) groups is 1. The fourth-order valence-electron chi connectivity index (χ4n) is 2.42. The summed E-state index contributed by atoms with van der Waals surface area (Å²) in [6.45, 7) is 4.11. The van der Waals surface area contributed by atoms with Crippen LogP contribution in [-0.4, -0.2) is 11.1 Å². The van der Waals surface area contributed by atoms with Crippen LogP contribution >= 0.6 is 0 Å². The first kappa shape index (κ1) is 14.3. The summed E-state index contributed by atoms with van der Waals surface area (Å²) in [5.41, 5.74) is 3.06. The van der Waals surface area contributed by atoms with Gasteiger partial charge in [-0.25, -0.2) is 0 Å². The van der Waals surface area contributed by atoms with E-state index in [0.29, 0.717) is 12.3 Å². The van der Waals surface area contributed by atoms with E-state index in [4.69, 9.17) is 0 Å². The molecule has 0 aliphatic heterocycles. The molecule has 2 aromatic carbocycles. The summed E-state index contributed by atoms with van der Waals surface area (Å²) in [6.07, 6.45) is 0.660. The van der Waals surface area contributed by atoms with Crippen LogP contribution in [0.1, 0.15) is 31.7 Å². The van der Waals surface area contributed by atoms with Crippen molar-refractivity contribution in [2.24, 2.45) is 5.92 Å². The topological polar surface area (TPSA) is 37.3 Å². The lowest BCUT2D eigenvalue weighted by atomic mass is 9.89. The number of carboxylic acids is 1. The smallest absolute Gasteiger partial charge is 0.310 e. The third kappa shape index (κ3) is 3.47. The van der Waals surface area contributed by atoms with Crippen LogP contribution in [0.3, 0.4) is 0 Å². The predicted molar refractivity (Wildman–Crippen MR) is 81.7 cm³/mol. The SMILES string of the molecule is CC(C)C[C@@H](C(=O)O)c1cccc(-c2ccccc2)c1. The molecule has 20 heavy (non-hydrogen) atoms. The molecule has 2 heteroatoms. The third-order valence-electron chi connectivity index (χ3n) is 3.40. The first-order valence-electron chi connectivity index (χ1n) is 6.96. The van der Waals surface area contributed by atoms with Gasteiger partial charge in [-0.15, -0.1) is 0 Å². The molecular formula is C18H20O2. The molecule has 0 aliphatic rings. The van der Waals surface area contributed by atoms with Gasteiger partial charge in [-0.2, -0.15) is 0 Å². The van der Waals surface area contributed by atoms with Gasteiger partial charge in [0.05, 0.1) is 5.92 Å². The van der Waals surface area contributed by atoms with Crippen molar-refractivity contribution in [2.75, 3.05) is 0 Å². The summed E-state index contributed by atoms with van der Waals surface area (Å²) in [5.74, 6) is -0.820. The first-order valence-corrected chi connectivity index (χ1v) is 6.96. The van der Waals surface area contributed by atoms with Crippen LogP contribution in [0.15, 0.2) is 54.6 Å². The summed E-state index contributed by atoms with van der Waals surface area (Å²) in [4.78, 5) is 11.5. The molecule has 2 nitrogen and oxygen atoms in total. The van der Waals surface area contributed by atoms with Gasteiger partial charge in [0.2, 0.25) is 0 Å². The summed E-state index contributed by atoms with van der Waals surface area (Å²) < 4.78 is 0. The van der Waals surface area contributed by atoms with E-state index >= 15 is 0 Å². The van der Waals surface area contributed by atoms with E-state index in [9.17, 15) is 9.90 Å². The third-order valence-corrected chi connectivity index (χ3v) is 3.40. The normalized spacial score (nSPS) is 12.3. The minimum atomic E-state index is -0.746. The molecule has 1 N–H and O–H groups in total. The Bertz CT molecular complexity index is 573. The Morgan fingerprint density at radius 2 is 1.65 bits per heavy atom. The van der Waals surface area contributed by atoms with E-state index in [1.165, 1.54) is 0 Å². The number of hydrogen-bond donors (Lipinski definition) is 1. The van der Waals surface area contributed by atoms with Gasteiger partial charge in [0.25, 0.3) is 0 Å². The summed E-state index contributed by atoms with van der Waals surface area (Å²) in [6, 6.07) is 17.9. The highest BCUT2D eigenvalue weighted by Crippen LogP contribution is 2.28. The number of benzene rings is 2. The molecule has 0 aliphatic carbocycles. The van der Waals surface area contributed by atoms with Crippen molar-refractivity contribution in [3.8, 4) is 11.1 Å². The molecule has 0 heterocycles. The van der Waals surface area contributed by atoms with Crippen LogP contribution in [0, 0.1) is 5.92 Å². The van der Waals surface area contributed by atoms with Gasteiger partial charge in [0.15, 0.2) is 0 Å². The van der Waals surface area contributed by atoms with Crippen molar-refractivity contribution in [3.63, 3.8) is 0 Å². The van der Waals surface area contributed by atoms with E-state index in [2.05, 4.69) is 13.8 Å². The summed E-state index contributed by atoms with van der Waals surface area (Å²) >= 11 is 0. The molecule has 104 valence electrons. The van der Waals surface area contributed by atoms with Crippen LogP contribution in [-0.2, 0) is 4.79 Å². The molecule has 0 saturated heterocycles. The second-order valence-corrected chi connectivity index (χ2v) is 5.51. The lowest BCUT2D eigenvalue weighted by Gasteiger charge is -2.16. The zero-order valence-corrected chi connectivity index (χ0v) is 11.9. The quantitative estimate of drug-likeness (QED) is 0.862. The zero-order chi connectivity index (χ0) is 14.5. The Hall–Kier alpha value is -2.09. The van der Waals surface area contributed by atoms with Crippen molar-refractivity contribution < 1.29 is 9.90 Å². The number of rotatable bonds is 5. The molecule has 0 bridgehead atoms. The van der Waals surface area contributed by atoms with Crippen LogP contribution in [0.2, 0.25) is 0 Å². The second-order valence-electron chi connectivity index (χ2n) is 5.51. The van der Waals surface area contributed by atoms with Gasteiger partial charge in [-0.3, -0.25) is 4.79 Å². The fourth-order valence-corrected chi connectivity index (χ4v) is 2.42. The van der Waals surface area contributed by atoms with Gasteiger partial charge in [-0.05, 0) is 29.0 Å². The maximum atomic E-state index is 11.5. The Labute approximate surface area is 120 Å². The van der Waals surface area contributed by atoms with Gasteiger partial charge < -0.3 is 5.11 Å². The number of hydrogen-bond acceptors (Lipinski definition) is 1. The van der Waals surface area contributed by atoms with Crippen molar-refractivity contribution >= 4 is 5.97 Å². The van der Waals surface area contributed by atoms with Gasteiger partial charge in [0, 0.05) is 0 Å². The van der Waals surface area contributed by atoms with Gasteiger partial charge in [0.1, 0.15) is 0 Å². The Morgan fingerprint density at radius 1 is 1.00 bits per heavy atom. The molecule has 0 saturated carbocycles. The highest BCUT2D eigenvalue weighted by Gasteiger charge is 2.21. The molecule has 2 rings (SSSR count). The van der Waals surface area contributed by atoms with Crippen molar-refractivity contribution in [1.29, 1.82) is 0 Å².